The molecule has 0 radical (unpaired) electrons. The average molecular weight is 317 g/mol. The van der Waals surface area contributed by atoms with Crippen LogP contribution in [0.3, 0.4) is 0 Å². The van der Waals surface area contributed by atoms with E-state index in [0.717, 1.165) is 30.6 Å². The minimum Gasteiger partial charge on any atom is -0.338 e. The molecule has 1 saturated heterocycles. The molecule has 0 aromatic heterocycles. The maximum atomic E-state index is 12.5. The lowest BCUT2D eigenvalue weighted by molar-refractivity contribution is 0.0878. The van der Waals surface area contributed by atoms with Crippen LogP contribution in [-0.2, 0) is 0 Å². The largest absolute Gasteiger partial charge is 0.338 e. The van der Waals surface area contributed by atoms with Crippen molar-refractivity contribution in [1.29, 1.82) is 0 Å². The molecular weight excluding hydrogens is 290 g/mol. The zero-order chi connectivity index (χ0) is 16.8. The molecule has 5 nitrogen and oxygen atoms in total. The average Bonchev–Trinajstić information content (AvgIpc) is 2.53. The van der Waals surface area contributed by atoms with Crippen molar-refractivity contribution >= 4 is 11.8 Å². The van der Waals surface area contributed by atoms with Crippen molar-refractivity contribution in [3.8, 4) is 0 Å². The molecule has 0 unspecified atom stereocenters. The van der Waals surface area contributed by atoms with E-state index in [1.807, 2.05) is 43.9 Å². The number of hydrogen-bond acceptors (Lipinski definition) is 3. The summed E-state index contributed by atoms with van der Waals surface area (Å²) >= 11 is 0. The SMILES string of the molecule is CCCNC(=O)N1CCN(CC(=O)c2ccc(C)cc2C)CC1. The number of nitrogens with zero attached hydrogens (tertiary/aromatic N) is 2. The highest BCUT2D eigenvalue weighted by Gasteiger charge is 2.22. The summed E-state index contributed by atoms with van der Waals surface area (Å²) in [6.07, 6.45) is 0.941. The van der Waals surface area contributed by atoms with Gasteiger partial charge < -0.3 is 10.2 Å². The van der Waals surface area contributed by atoms with Crippen molar-refractivity contribution in [2.75, 3.05) is 39.3 Å². The summed E-state index contributed by atoms with van der Waals surface area (Å²) in [4.78, 5) is 28.3. The van der Waals surface area contributed by atoms with Gasteiger partial charge in [-0.05, 0) is 25.8 Å². The van der Waals surface area contributed by atoms with Gasteiger partial charge in [0.15, 0.2) is 5.78 Å². The monoisotopic (exact) mass is 317 g/mol. The van der Waals surface area contributed by atoms with Crippen molar-refractivity contribution < 1.29 is 9.59 Å². The van der Waals surface area contributed by atoms with E-state index in [2.05, 4.69) is 10.2 Å². The maximum Gasteiger partial charge on any atom is 0.317 e. The summed E-state index contributed by atoms with van der Waals surface area (Å²) < 4.78 is 0. The van der Waals surface area contributed by atoms with E-state index in [4.69, 9.17) is 0 Å². The van der Waals surface area contributed by atoms with Crippen molar-refractivity contribution in [3.63, 3.8) is 0 Å². The van der Waals surface area contributed by atoms with Crippen molar-refractivity contribution in [2.24, 2.45) is 0 Å². The molecule has 1 N–H and O–H groups in total. The summed E-state index contributed by atoms with van der Waals surface area (Å²) in [7, 11) is 0. The molecule has 0 saturated carbocycles. The summed E-state index contributed by atoms with van der Waals surface area (Å²) in [6, 6.07) is 5.95. The molecule has 1 fully saturated rings. The minimum atomic E-state index is 0.00667. The third kappa shape index (κ3) is 4.79. The summed E-state index contributed by atoms with van der Waals surface area (Å²) in [5.41, 5.74) is 3.01. The second-order valence-corrected chi connectivity index (χ2v) is 6.24. The maximum absolute atomic E-state index is 12.5. The number of benzene rings is 1. The third-order valence-corrected chi connectivity index (χ3v) is 4.24. The summed E-state index contributed by atoms with van der Waals surface area (Å²) in [5, 5.41) is 2.90. The zero-order valence-corrected chi connectivity index (χ0v) is 14.4. The van der Waals surface area contributed by atoms with Crippen LogP contribution in [0, 0.1) is 13.8 Å². The molecular formula is C18H27N3O2. The van der Waals surface area contributed by atoms with E-state index >= 15 is 0 Å². The lowest BCUT2D eigenvalue weighted by Crippen LogP contribution is -2.52. The number of hydrogen-bond donors (Lipinski definition) is 1. The summed E-state index contributed by atoms with van der Waals surface area (Å²) in [6.45, 7) is 10.0. The van der Waals surface area contributed by atoms with Crippen LogP contribution in [0.15, 0.2) is 18.2 Å². The molecule has 1 aromatic rings. The number of urea groups is 1. The van der Waals surface area contributed by atoms with E-state index in [9.17, 15) is 9.59 Å². The van der Waals surface area contributed by atoms with E-state index in [1.165, 1.54) is 5.56 Å². The Labute approximate surface area is 138 Å². The van der Waals surface area contributed by atoms with Gasteiger partial charge in [-0.3, -0.25) is 9.69 Å². The van der Waals surface area contributed by atoms with E-state index in [-0.39, 0.29) is 11.8 Å². The molecule has 0 spiro atoms. The lowest BCUT2D eigenvalue weighted by Gasteiger charge is -2.34. The second-order valence-electron chi connectivity index (χ2n) is 6.24. The smallest absolute Gasteiger partial charge is 0.317 e. The predicted molar refractivity (Wildman–Crippen MR) is 91.9 cm³/mol. The van der Waals surface area contributed by atoms with Gasteiger partial charge in [0.2, 0.25) is 0 Å². The third-order valence-electron chi connectivity index (χ3n) is 4.24. The standard InChI is InChI=1S/C18H27N3O2/c1-4-7-19-18(23)21-10-8-20(9-11-21)13-17(22)16-6-5-14(2)12-15(16)3/h5-6,12H,4,7-11,13H2,1-3H3,(H,19,23). The molecule has 0 bridgehead atoms. The number of carbonyl (C=O) groups is 2. The van der Waals surface area contributed by atoms with Gasteiger partial charge in [0.25, 0.3) is 0 Å². The minimum absolute atomic E-state index is 0.00667. The first-order valence-electron chi connectivity index (χ1n) is 8.37. The van der Waals surface area contributed by atoms with Gasteiger partial charge in [0.1, 0.15) is 0 Å². The molecule has 0 atom stereocenters. The van der Waals surface area contributed by atoms with Crippen LogP contribution in [0.1, 0.15) is 34.8 Å². The lowest BCUT2D eigenvalue weighted by atomic mass is 10.0. The van der Waals surface area contributed by atoms with Crippen LogP contribution in [0.5, 0.6) is 0 Å². The van der Waals surface area contributed by atoms with Gasteiger partial charge in [0, 0.05) is 38.3 Å². The van der Waals surface area contributed by atoms with Crippen LogP contribution in [0.25, 0.3) is 0 Å². The number of amides is 2. The topological polar surface area (TPSA) is 52.7 Å². The molecule has 2 rings (SSSR count). The van der Waals surface area contributed by atoms with Crippen molar-refractivity contribution in [2.45, 2.75) is 27.2 Å². The fourth-order valence-electron chi connectivity index (χ4n) is 2.87. The van der Waals surface area contributed by atoms with Gasteiger partial charge in [-0.15, -0.1) is 0 Å². The summed E-state index contributed by atoms with van der Waals surface area (Å²) in [5.74, 6) is 0.159. The number of nitrogens with one attached hydrogen (secondary N) is 1. The Morgan fingerprint density at radius 3 is 2.43 bits per heavy atom. The molecule has 126 valence electrons. The molecule has 23 heavy (non-hydrogen) atoms. The van der Waals surface area contributed by atoms with Gasteiger partial charge in [-0.25, -0.2) is 4.79 Å². The number of piperazine rings is 1. The fourth-order valence-corrected chi connectivity index (χ4v) is 2.87. The van der Waals surface area contributed by atoms with Crippen LogP contribution in [0.4, 0.5) is 4.79 Å². The van der Waals surface area contributed by atoms with Crippen LogP contribution < -0.4 is 5.32 Å². The normalized spacial score (nSPS) is 15.5. The van der Waals surface area contributed by atoms with E-state index in [0.29, 0.717) is 26.2 Å². The number of ketones is 1. The van der Waals surface area contributed by atoms with Crippen molar-refractivity contribution in [1.82, 2.24) is 15.1 Å². The van der Waals surface area contributed by atoms with Crippen LogP contribution in [0.2, 0.25) is 0 Å². The highest BCUT2D eigenvalue weighted by atomic mass is 16.2. The second kappa shape index (κ2) is 8.11. The predicted octanol–water partition coefficient (Wildman–Crippen LogP) is 2.22. The molecule has 1 heterocycles. The fraction of sp³-hybridized carbons (Fsp3) is 0.556. The van der Waals surface area contributed by atoms with E-state index in [1.54, 1.807) is 0 Å². The first-order valence-corrected chi connectivity index (χ1v) is 8.37. The van der Waals surface area contributed by atoms with Crippen LogP contribution in [-0.4, -0.2) is 60.9 Å². The highest BCUT2D eigenvalue weighted by Crippen LogP contribution is 2.12. The Bertz CT molecular complexity index is 563. The quantitative estimate of drug-likeness (QED) is 0.847. The Morgan fingerprint density at radius 1 is 1.13 bits per heavy atom. The number of rotatable bonds is 5. The van der Waals surface area contributed by atoms with Gasteiger partial charge >= 0.3 is 6.03 Å². The van der Waals surface area contributed by atoms with Crippen molar-refractivity contribution in [3.05, 3.63) is 34.9 Å². The molecule has 5 heteroatoms. The van der Waals surface area contributed by atoms with Gasteiger partial charge in [-0.2, -0.15) is 0 Å². The number of Topliss-reactive ketones (excluding diaryl/α,β-unsaturated/α-hetero) is 1. The number of carbonyl (C=O) groups excluding carboxylic acids is 2. The van der Waals surface area contributed by atoms with Gasteiger partial charge in [-0.1, -0.05) is 30.7 Å². The Morgan fingerprint density at radius 2 is 1.83 bits per heavy atom. The molecule has 2 amide bonds. The Balaban J connectivity index is 1.84. The molecule has 0 aliphatic carbocycles. The molecule has 1 aromatic carbocycles. The van der Waals surface area contributed by atoms with Crippen LogP contribution >= 0.6 is 0 Å². The molecule has 1 aliphatic rings. The number of aryl methyl sites for hydroxylation is 2. The Kier molecular flexibility index (Phi) is 6.16. The van der Waals surface area contributed by atoms with E-state index < -0.39 is 0 Å². The van der Waals surface area contributed by atoms with Gasteiger partial charge in [0.05, 0.1) is 6.54 Å². The first kappa shape index (κ1) is 17.5. The first-order chi connectivity index (χ1) is 11.0. The Hall–Kier alpha value is -1.88. The molecule has 1 aliphatic heterocycles. The zero-order valence-electron chi connectivity index (χ0n) is 14.4. The highest BCUT2D eigenvalue weighted by molar-refractivity contribution is 5.99.